The van der Waals surface area contributed by atoms with Crippen molar-refractivity contribution in [2.24, 2.45) is 0 Å². The summed E-state index contributed by atoms with van der Waals surface area (Å²) in [4.78, 5) is 12.8. The second-order valence-electron chi connectivity index (χ2n) is 8.88. The summed E-state index contributed by atoms with van der Waals surface area (Å²) in [6.07, 6.45) is -7.32. The van der Waals surface area contributed by atoms with E-state index in [9.17, 15) is 45.6 Å². The highest BCUT2D eigenvalue weighted by Gasteiger charge is 2.44. The zero-order chi connectivity index (χ0) is 26.4. The lowest BCUT2D eigenvalue weighted by atomic mass is 9.98. The molecular weight excluding hydrogens is 476 g/mol. The SMILES string of the molecule is O=C(CCc1ccc(O)c(O)c1)C[C@H](CCc1ccc(O)c(O)c1)O[C@H]1O[C@@H](CO)[C@H](O)[C@@H](O)[C@@H]1O. The highest BCUT2D eigenvalue weighted by molar-refractivity contribution is 5.79. The van der Waals surface area contributed by atoms with Crippen LogP contribution in [0.4, 0.5) is 0 Å². The maximum atomic E-state index is 12.8. The molecule has 2 aromatic rings. The van der Waals surface area contributed by atoms with E-state index in [0.717, 1.165) is 0 Å². The fraction of sp³-hybridized carbons (Fsp3) is 0.480. The third-order valence-corrected chi connectivity index (χ3v) is 6.16. The number of phenolic OH excluding ortho intramolecular Hbond substituents is 4. The lowest BCUT2D eigenvalue weighted by Gasteiger charge is -2.40. The summed E-state index contributed by atoms with van der Waals surface area (Å²) in [6, 6.07) is 8.57. The smallest absolute Gasteiger partial charge is 0.186 e. The van der Waals surface area contributed by atoms with Crippen LogP contribution < -0.4 is 0 Å². The number of hydrogen-bond donors (Lipinski definition) is 8. The number of rotatable bonds is 11. The van der Waals surface area contributed by atoms with Gasteiger partial charge in [0.15, 0.2) is 29.3 Å². The van der Waals surface area contributed by atoms with E-state index in [-0.39, 0.29) is 48.0 Å². The summed E-state index contributed by atoms with van der Waals surface area (Å²) in [5.41, 5.74) is 1.30. The molecule has 1 heterocycles. The van der Waals surface area contributed by atoms with Crippen molar-refractivity contribution in [3.8, 4) is 23.0 Å². The molecular formula is C25H32O11. The Morgan fingerprint density at radius 1 is 0.833 bits per heavy atom. The van der Waals surface area contributed by atoms with Crippen molar-refractivity contribution in [1.29, 1.82) is 0 Å². The molecule has 1 aliphatic rings. The van der Waals surface area contributed by atoms with Gasteiger partial charge >= 0.3 is 0 Å². The van der Waals surface area contributed by atoms with Gasteiger partial charge in [0.1, 0.15) is 30.2 Å². The predicted octanol–water partition coefficient (Wildman–Crippen LogP) is 0.219. The Bertz CT molecular complexity index is 1030. The molecule has 0 bridgehead atoms. The van der Waals surface area contributed by atoms with E-state index < -0.39 is 43.4 Å². The highest BCUT2D eigenvalue weighted by Crippen LogP contribution is 2.29. The van der Waals surface area contributed by atoms with Crippen LogP contribution in [0, 0.1) is 0 Å². The Balaban J connectivity index is 1.68. The molecule has 0 unspecified atom stereocenters. The number of carbonyl (C=O) groups excluding carboxylic acids is 1. The zero-order valence-corrected chi connectivity index (χ0v) is 19.5. The maximum Gasteiger partial charge on any atom is 0.186 e. The van der Waals surface area contributed by atoms with E-state index in [1.54, 1.807) is 12.1 Å². The lowest BCUT2D eigenvalue weighted by Crippen LogP contribution is -2.59. The molecule has 0 aliphatic carbocycles. The van der Waals surface area contributed by atoms with Gasteiger partial charge in [-0.25, -0.2) is 0 Å². The van der Waals surface area contributed by atoms with Gasteiger partial charge in [0.2, 0.25) is 0 Å². The van der Waals surface area contributed by atoms with Crippen LogP contribution in [-0.2, 0) is 27.1 Å². The zero-order valence-electron chi connectivity index (χ0n) is 19.5. The Morgan fingerprint density at radius 2 is 1.42 bits per heavy atom. The monoisotopic (exact) mass is 508 g/mol. The van der Waals surface area contributed by atoms with Crippen LogP contribution in [-0.4, -0.2) is 90.1 Å². The fourth-order valence-corrected chi connectivity index (χ4v) is 4.00. The Kier molecular flexibility index (Phi) is 9.49. The van der Waals surface area contributed by atoms with Gasteiger partial charge in [0.25, 0.3) is 0 Å². The summed E-state index contributed by atoms with van der Waals surface area (Å²) in [6.45, 7) is -0.624. The molecule has 3 rings (SSSR count). The molecule has 198 valence electrons. The molecule has 0 aromatic heterocycles. The number of aliphatic hydroxyl groups excluding tert-OH is 4. The van der Waals surface area contributed by atoms with Crippen LogP contribution in [0.1, 0.15) is 30.4 Å². The standard InChI is InChI=1S/C25H32O11/c26-12-21-22(32)23(33)24(34)25(36-21)35-16(6-2-14-4-8-18(29)20(31)10-14)11-15(27)5-1-13-3-7-17(28)19(30)9-13/h3-4,7-10,16,21-26,28-34H,1-2,5-6,11-12H2/t16-,21-,22-,23+,24-,25-/m0/s1. The summed E-state index contributed by atoms with van der Waals surface area (Å²) in [5.74, 6) is -1.33. The Morgan fingerprint density at radius 3 is 1.97 bits per heavy atom. The number of ether oxygens (including phenoxy) is 2. The minimum absolute atomic E-state index is 0.0941. The number of carbonyl (C=O) groups is 1. The molecule has 36 heavy (non-hydrogen) atoms. The molecule has 0 radical (unpaired) electrons. The molecule has 11 nitrogen and oxygen atoms in total. The van der Waals surface area contributed by atoms with Crippen LogP contribution in [0.15, 0.2) is 36.4 Å². The van der Waals surface area contributed by atoms with Crippen molar-refractivity contribution in [2.45, 2.75) is 68.9 Å². The second kappa shape index (κ2) is 12.3. The molecule has 1 fully saturated rings. The van der Waals surface area contributed by atoms with Gasteiger partial charge in [-0.15, -0.1) is 0 Å². The van der Waals surface area contributed by atoms with Crippen LogP contribution in [0.3, 0.4) is 0 Å². The molecule has 0 saturated carbocycles. The van der Waals surface area contributed by atoms with Crippen molar-refractivity contribution < 1.29 is 55.1 Å². The molecule has 11 heteroatoms. The molecule has 0 amide bonds. The largest absolute Gasteiger partial charge is 0.504 e. The normalized spacial score (nSPS) is 24.9. The molecule has 2 aromatic carbocycles. The van der Waals surface area contributed by atoms with Crippen molar-refractivity contribution in [2.75, 3.05) is 6.61 Å². The number of phenols is 4. The Labute approximate surface area is 207 Å². The lowest BCUT2D eigenvalue weighted by molar-refractivity contribution is -0.311. The van der Waals surface area contributed by atoms with E-state index in [1.165, 1.54) is 24.3 Å². The van der Waals surface area contributed by atoms with E-state index in [2.05, 4.69) is 0 Å². The first-order valence-electron chi connectivity index (χ1n) is 11.6. The average Bonchev–Trinajstić information content (AvgIpc) is 2.85. The number of ketones is 1. The van der Waals surface area contributed by atoms with Crippen LogP contribution in [0.25, 0.3) is 0 Å². The van der Waals surface area contributed by atoms with Gasteiger partial charge in [-0.05, 0) is 54.7 Å². The topological polar surface area (TPSA) is 197 Å². The van der Waals surface area contributed by atoms with Crippen molar-refractivity contribution >= 4 is 5.78 Å². The minimum Gasteiger partial charge on any atom is -0.504 e. The number of aryl methyl sites for hydroxylation is 2. The first kappa shape index (κ1) is 27.7. The van der Waals surface area contributed by atoms with E-state index >= 15 is 0 Å². The van der Waals surface area contributed by atoms with Gasteiger partial charge in [0, 0.05) is 12.8 Å². The van der Waals surface area contributed by atoms with Crippen LogP contribution >= 0.6 is 0 Å². The third-order valence-electron chi connectivity index (χ3n) is 6.16. The first-order chi connectivity index (χ1) is 17.1. The fourth-order valence-electron chi connectivity index (χ4n) is 4.00. The number of Topliss-reactive ketones (excluding diaryl/α,β-unsaturated/α-hetero) is 1. The van der Waals surface area contributed by atoms with Gasteiger partial charge in [0.05, 0.1) is 12.7 Å². The average molecular weight is 509 g/mol. The van der Waals surface area contributed by atoms with E-state index in [4.69, 9.17) is 9.47 Å². The highest BCUT2D eigenvalue weighted by atomic mass is 16.7. The predicted molar refractivity (Wildman–Crippen MR) is 124 cm³/mol. The van der Waals surface area contributed by atoms with Crippen molar-refractivity contribution in [3.05, 3.63) is 47.5 Å². The molecule has 1 aliphatic heterocycles. The summed E-state index contributed by atoms with van der Waals surface area (Å²) >= 11 is 0. The number of aromatic hydroxyl groups is 4. The maximum absolute atomic E-state index is 12.8. The number of benzene rings is 2. The Hall–Kier alpha value is -2.93. The van der Waals surface area contributed by atoms with Gasteiger partial charge in [-0.3, -0.25) is 4.79 Å². The quantitative estimate of drug-likeness (QED) is 0.193. The summed E-state index contributed by atoms with van der Waals surface area (Å²) in [7, 11) is 0. The van der Waals surface area contributed by atoms with Crippen LogP contribution in [0.5, 0.6) is 23.0 Å². The van der Waals surface area contributed by atoms with Crippen molar-refractivity contribution in [1.82, 2.24) is 0 Å². The number of hydrogen-bond acceptors (Lipinski definition) is 11. The molecule has 6 atom stereocenters. The molecule has 1 saturated heterocycles. The van der Waals surface area contributed by atoms with Gasteiger partial charge in [-0.2, -0.15) is 0 Å². The summed E-state index contributed by atoms with van der Waals surface area (Å²) in [5, 5.41) is 78.1. The van der Waals surface area contributed by atoms with Crippen LogP contribution in [0.2, 0.25) is 0 Å². The number of aliphatic hydroxyl groups is 4. The van der Waals surface area contributed by atoms with E-state index in [1.807, 2.05) is 0 Å². The van der Waals surface area contributed by atoms with Gasteiger partial charge in [-0.1, -0.05) is 12.1 Å². The molecule has 8 N–H and O–H groups in total. The van der Waals surface area contributed by atoms with E-state index in [0.29, 0.717) is 24.0 Å². The second-order valence-corrected chi connectivity index (χ2v) is 8.88. The first-order valence-corrected chi connectivity index (χ1v) is 11.6. The minimum atomic E-state index is -1.63. The third kappa shape index (κ3) is 7.06. The molecule has 0 spiro atoms. The van der Waals surface area contributed by atoms with Crippen molar-refractivity contribution in [3.63, 3.8) is 0 Å². The van der Waals surface area contributed by atoms with Gasteiger partial charge < -0.3 is 50.3 Å². The summed E-state index contributed by atoms with van der Waals surface area (Å²) < 4.78 is 11.2.